The van der Waals surface area contributed by atoms with Gasteiger partial charge < -0.3 is 0 Å². The molecule has 0 bridgehead atoms. The third-order valence-electron chi connectivity index (χ3n) is 3.09. The zero-order valence-electron chi connectivity index (χ0n) is 11.5. The summed E-state index contributed by atoms with van der Waals surface area (Å²) in [6.07, 6.45) is 2.97. The predicted octanol–water partition coefficient (Wildman–Crippen LogP) is 3.22. The number of carbonyl (C=O) groups excluding carboxylic acids is 1. The normalized spacial score (nSPS) is 12.7. The molecule has 0 heterocycles. The van der Waals surface area contributed by atoms with Crippen LogP contribution < -0.4 is 0 Å². The lowest BCUT2D eigenvalue weighted by Crippen LogP contribution is -2.37. The summed E-state index contributed by atoms with van der Waals surface area (Å²) >= 11 is 1.73. The summed E-state index contributed by atoms with van der Waals surface area (Å²) in [5.41, 5.74) is 0.213. The molecule has 1 unspecified atom stereocenters. The van der Waals surface area contributed by atoms with Crippen molar-refractivity contribution in [1.82, 2.24) is 4.90 Å². The Morgan fingerprint density at radius 1 is 1.37 bits per heavy atom. The van der Waals surface area contributed by atoms with Crippen LogP contribution in [0.4, 0.5) is 8.78 Å². The number of Topliss-reactive ketones (excluding diaryl/α,β-unsaturated/α-hetero) is 1. The van der Waals surface area contributed by atoms with Crippen molar-refractivity contribution in [3.8, 4) is 0 Å². The van der Waals surface area contributed by atoms with Gasteiger partial charge >= 0.3 is 0 Å². The van der Waals surface area contributed by atoms with Crippen LogP contribution in [0.25, 0.3) is 0 Å². The second-order valence-electron chi connectivity index (χ2n) is 4.48. The molecule has 1 atom stereocenters. The first-order chi connectivity index (χ1) is 8.99. The van der Waals surface area contributed by atoms with Gasteiger partial charge in [-0.2, -0.15) is 11.8 Å². The molecule has 0 saturated heterocycles. The van der Waals surface area contributed by atoms with E-state index in [0.717, 1.165) is 24.3 Å². The lowest BCUT2D eigenvalue weighted by atomic mass is 10.1. The highest BCUT2D eigenvalue weighted by atomic mass is 32.2. The van der Waals surface area contributed by atoms with Crippen molar-refractivity contribution < 1.29 is 13.6 Å². The molecule has 19 heavy (non-hydrogen) atoms. The predicted molar refractivity (Wildman–Crippen MR) is 75.8 cm³/mol. The fraction of sp³-hybridized carbons (Fsp3) is 0.500. The Morgan fingerprint density at radius 3 is 2.58 bits per heavy atom. The van der Waals surface area contributed by atoms with E-state index in [1.54, 1.807) is 11.8 Å². The Morgan fingerprint density at radius 2 is 2.05 bits per heavy atom. The Bertz CT molecular complexity index is 439. The number of halogens is 2. The molecule has 0 radical (unpaired) electrons. The Labute approximate surface area is 117 Å². The van der Waals surface area contributed by atoms with Gasteiger partial charge in [0.15, 0.2) is 17.4 Å². The van der Waals surface area contributed by atoms with Crippen LogP contribution in [0.5, 0.6) is 0 Å². The Kier molecular flexibility index (Phi) is 6.45. The van der Waals surface area contributed by atoms with Gasteiger partial charge in [-0.25, -0.2) is 8.78 Å². The van der Waals surface area contributed by atoms with E-state index in [1.807, 2.05) is 18.2 Å². The first-order valence-electron chi connectivity index (χ1n) is 6.17. The summed E-state index contributed by atoms with van der Waals surface area (Å²) in [7, 11) is 1.88. The minimum Gasteiger partial charge on any atom is -0.295 e. The van der Waals surface area contributed by atoms with Gasteiger partial charge in [0.25, 0.3) is 0 Å². The number of rotatable bonds is 7. The fourth-order valence-electron chi connectivity index (χ4n) is 1.87. The van der Waals surface area contributed by atoms with Gasteiger partial charge in [-0.3, -0.25) is 9.69 Å². The van der Waals surface area contributed by atoms with Crippen LogP contribution in [0.3, 0.4) is 0 Å². The molecule has 0 fully saturated rings. The van der Waals surface area contributed by atoms with Crippen molar-refractivity contribution in [2.75, 3.05) is 25.6 Å². The van der Waals surface area contributed by atoms with Gasteiger partial charge in [-0.05, 0) is 37.9 Å². The molecule has 106 valence electrons. The summed E-state index contributed by atoms with van der Waals surface area (Å²) in [5.74, 6) is -1.16. The molecule has 1 rings (SSSR count). The van der Waals surface area contributed by atoms with Crippen LogP contribution >= 0.6 is 11.8 Å². The molecule has 0 aliphatic carbocycles. The van der Waals surface area contributed by atoms with Crippen molar-refractivity contribution >= 4 is 17.5 Å². The SMILES string of the molecule is CCC(CSC)N(C)CC(=O)c1ccc(F)c(F)c1. The fourth-order valence-corrected chi connectivity index (χ4v) is 2.74. The molecule has 5 heteroatoms. The number of benzene rings is 1. The molecule has 0 aliphatic rings. The van der Waals surface area contributed by atoms with E-state index in [2.05, 4.69) is 6.92 Å². The molecule has 0 amide bonds. The summed E-state index contributed by atoms with van der Waals surface area (Å²) < 4.78 is 25.9. The molecular weight excluding hydrogens is 268 g/mol. The number of hydrogen-bond donors (Lipinski definition) is 0. The standard InChI is InChI=1S/C14H19F2NOS/c1-4-11(9-19-3)17(2)8-14(18)10-5-6-12(15)13(16)7-10/h5-7,11H,4,8-9H2,1-3H3. The first-order valence-corrected chi connectivity index (χ1v) is 7.56. The smallest absolute Gasteiger partial charge is 0.176 e. The lowest BCUT2D eigenvalue weighted by Gasteiger charge is -2.25. The molecule has 0 aromatic heterocycles. The van der Waals surface area contributed by atoms with E-state index in [1.165, 1.54) is 6.07 Å². The summed E-state index contributed by atoms with van der Waals surface area (Å²) in [6, 6.07) is 3.58. The number of hydrogen-bond acceptors (Lipinski definition) is 3. The van der Waals surface area contributed by atoms with Crippen LogP contribution in [0.15, 0.2) is 18.2 Å². The van der Waals surface area contributed by atoms with Crippen LogP contribution in [-0.4, -0.2) is 42.3 Å². The highest BCUT2D eigenvalue weighted by Gasteiger charge is 2.17. The van der Waals surface area contributed by atoms with Gasteiger partial charge in [0.1, 0.15) is 0 Å². The van der Waals surface area contributed by atoms with E-state index in [0.29, 0.717) is 6.04 Å². The lowest BCUT2D eigenvalue weighted by molar-refractivity contribution is 0.0924. The number of nitrogens with zero attached hydrogens (tertiary/aromatic N) is 1. The second kappa shape index (κ2) is 7.60. The zero-order chi connectivity index (χ0) is 14.4. The summed E-state index contributed by atoms with van der Waals surface area (Å²) in [4.78, 5) is 14.0. The highest BCUT2D eigenvalue weighted by Crippen LogP contribution is 2.12. The number of likely N-dealkylation sites (N-methyl/N-ethyl adjacent to an activating group) is 1. The van der Waals surface area contributed by atoms with E-state index < -0.39 is 11.6 Å². The van der Waals surface area contributed by atoms with Crippen molar-refractivity contribution in [1.29, 1.82) is 0 Å². The first kappa shape index (κ1) is 16.1. The quantitative estimate of drug-likeness (QED) is 0.718. The summed E-state index contributed by atoms with van der Waals surface area (Å²) in [5, 5.41) is 0. The number of thioether (sulfide) groups is 1. The molecule has 0 saturated carbocycles. The maximum atomic E-state index is 13.1. The maximum Gasteiger partial charge on any atom is 0.176 e. The Hall–Kier alpha value is -0.940. The molecule has 1 aromatic rings. The molecule has 0 N–H and O–H groups in total. The number of carbonyl (C=O) groups is 1. The van der Waals surface area contributed by atoms with Crippen LogP contribution in [0.2, 0.25) is 0 Å². The zero-order valence-corrected chi connectivity index (χ0v) is 12.3. The molecular formula is C14H19F2NOS. The van der Waals surface area contributed by atoms with Gasteiger partial charge in [0, 0.05) is 17.4 Å². The third kappa shape index (κ3) is 4.58. The van der Waals surface area contributed by atoms with Gasteiger partial charge in [-0.15, -0.1) is 0 Å². The van der Waals surface area contributed by atoms with Crippen LogP contribution in [0, 0.1) is 11.6 Å². The molecule has 0 spiro atoms. The third-order valence-corrected chi connectivity index (χ3v) is 3.81. The van der Waals surface area contributed by atoms with Crippen molar-refractivity contribution in [3.63, 3.8) is 0 Å². The Balaban J connectivity index is 2.70. The van der Waals surface area contributed by atoms with E-state index in [4.69, 9.17) is 0 Å². The van der Waals surface area contributed by atoms with E-state index in [9.17, 15) is 13.6 Å². The second-order valence-corrected chi connectivity index (χ2v) is 5.40. The van der Waals surface area contributed by atoms with Gasteiger partial charge in [0.05, 0.1) is 6.54 Å². The average molecular weight is 287 g/mol. The molecule has 1 aromatic carbocycles. The summed E-state index contributed by atoms with van der Waals surface area (Å²) in [6.45, 7) is 2.28. The number of ketones is 1. The minimum absolute atomic E-state index is 0.194. The van der Waals surface area contributed by atoms with Crippen molar-refractivity contribution in [2.24, 2.45) is 0 Å². The average Bonchev–Trinajstić information content (AvgIpc) is 2.38. The topological polar surface area (TPSA) is 20.3 Å². The maximum absolute atomic E-state index is 13.1. The monoisotopic (exact) mass is 287 g/mol. The van der Waals surface area contributed by atoms with E-state index >= 15 is 0 Å². The van der Waals surface area contributed by atoms with Crippen LogP contribution in [-0.2, 0) is 0 Å². The van der Waals surface area contributed by atoms with Crippen molar-refractivity contribution in [3.05, 3.63) is 35.4 Å². The minimum atomic E-state index is -0.982. The van der Waals surface area contributed by atoms with Crippen molar-refractivity contribution in [2.45, 2.75) is 19.4 Å². The van der Waals surface area contributed by atoms with Crippen LogP contribution in [0.1, 0.15) is 23.7 Å². The largest absolute Gasteiger partial charge is 0.295 e. The van der Waals surface area contributed by atoms with E-state index in [-0.39, 0.29) is 17.9 Å². The molecule has 0 aliphatic heterocycles. The van der Waals surface area contributed by atoms with Gasteiger partial charge in [0.2, 0.25) is 0 Å². The van der Waals surface area contributed by atoms with Gasteiger partial charge in [-0.1, -0.05) is 6.92 Å². The highest BCUT2D eigenvalue weighted by molar-refractivity contribution is 7.98. The molecule has 2 nitrogen and oxygen atoms in total.